The van der Waals surface area contributed by atoms with Gasteiger partial charge in [-0.15, -0.1) is 0 Å². The monoisotopic (exact) mass is 747 g/mol. The number of thioether (sulfide) groups is 1. The van der Waals surface area contributed by atoms with E-state index in [1.807, 2.05) is 39.0 Å². The summed E-state index contributed by atoms with van der Waals surface area (Å²) in [6, 6.07) is 10.9. The third-order valence-corrected chi connectivity index (χ3v) is 13.1. The lowest BCUT2D eigenvalue weighted by molar-refractivity contribution is -0.870. The van der Waals surface area contributed by atoms with Crippen molar-refractivity contribution in [2.75, 3.05) is 129 Å². The van der Waals surface area contributed by atoms with Gasteiger partial charge in [0, 0.05) is 33.1 Å². The maximum atomic E-state index is 13.8. The molecule has 0 amide bonds. The molecule has 0 radical (unpaired) electrons. The molecule has 0 aliphatic rings. The van der Waals surface area contributed by atoms with Gasteiger partial charge in [0.15, 0.2) is 0 Å². The maximum Gasteiger partial charge on any atom is 0.500 e. The van der Waals surface area contributed by atoms with Gasteiger partial charge in [-0.2, -0.15) is 11.8 Å². The summed E-state index contributed by atoms with van der Waals surface area (Å²) >= 11 is 1.73. The largest absolute Gasteiger partial charge is 0.500 e. The first-order chi connectivity index (χ1) is 22.9. The highest BCUT2D eigenvalue weighted by Gasteiger charge is 2.42. The molecule has 1 aromatic rings. The fraction of sp³-hybridized carbons (Fsp3) is 0.789. The second kappa shape index (κ2) is 21.9. The van der Waals surface area contributed by atoms with E-state index >= 15 is 0 Å². The summed E-state index contributed by atoms with van der Waals surface area (Å²) in [5.74, 6) is 0.958. The number of hydrogen-bond acceptors (Lipinski definition) is 8. The number of esters is 2. The van der Waals surface area contributed by atoms with Gasteiger partial charge < -0.3 is 36.2 Å². The summed E-state index contributed by atoms with van der Waals surface area (Å²) in [6.07, 6.45) is 1.94. The number of carbonyl (C=O) groups excluding carboxylic acids is 2. The summed E-state index contributed by atoms with van der Waals surface area (Å²) in [6.45, 7) is 11.5. The van der Waals surface area contributed by atoms with Gasteiger partial charge in [0.2, 0.25) is 0 Å². The van der Waals surface area contributed by atoms with Gasteiger partial charge in [-0.3, -0.25) is 9.59 Å². The molecule has 50 heavy (non-hydrogen) atoms. The third kappa shape index (κ3) is 20.5. The van der Waals surface area contributed by atoms with Gasteiger partial charge in [-0.1, -0.05) is 30.3 Å². The average molecular weight is 747 g/mol. The molecule has 0 bridgehead atoms. The van der Waals surface area contributed by atoms with Crippen LogP contribution in [0.4, 0.5) is 0 Å². The first-order valence-electron chi connectivity index (χ1n) is 17.9. The molecular formula is C38H76N3O7SSi+3. The Bertz CT molecular complexity index is 1090. The standard InChI is InChI=1S/C33H62N2O7SSi.C5H14N/c1-32(2,30(36)41-21-19-34(4,5)6)25-29(28-17-14-13-15-18-28)26-33(3,31(37)42-22-20-35(7,8)9)27-43-23-16-24-44(38-10,39-11)40-12;1-5-6(2,3)4/h13-15,17-18,29H,16,19-27H2,1-12H3;5H2,1-4H3/q+2;+1. The molecule has 292 valence electrons. The summed E-state index contributed by atoms with van der Waals surface area (Å²) in [5.41, 5.74) is -0.398. The zero-order valence-electron chi connectivity index (χ0n) is 34.8. The first kappa shape index (κ1) is 48.5. The lowest BCUT2D eigenvalue weighted by Crippen LogP contribution is -2.42. The van der Waals surface area contributed by atoms with Crippen LogP contribution in [-0.4, -0.2) is 163 Å². The lowest BCUT2D eigenvalue weighted by atomic mass is 9.72. The summed E-state index contributed by atoms with van der Waals surface area (Å²) in [7, 11) is 21.2. The van der Waals surface area contributed by atoms with Crippen molar-refractivity contribution in [3.05, 3.63) is 35.9 Å². The van der Waals surface area contributed by atoms with E-state index in [9.17, 15) is 9.59 Å². The minimum Gasteiger partial charge on any atom is -0.459 e. The second-order valence-corrected chi connectivity index (χ2v) is 21.5. The Balaban J connectivity index is 0.00000365. The summed E-state index contributed by atoms with van der Waals surface area (Å²) < 4.78 is 30.9. The fourth-order valence-electron chi connectivity index (χ4n) is 4.92. The Morgan fingerprint density at radius 1 is 0.740 bits per heavy atom. The van der Waals surface area contributed by atoms with Crippen molar-refractivity contribution in [3.8, 4) is 0 Å². The Kier molecular flexibility index (Phi) is 21.2. The van der Waals surface area contributed by atoms with Gasteiger partial charge >= 0.3 is 20.7 Å². The van der Waals surface area contributed by atoms with Crippen LogP contribution < -0.4 is 0 Å². The minimum absolute atomic E-state index is 0.0516. The number of ether oxygens (including phenoxy) is 2. The number of rotatable bonds is 23. The van der Waals surface area contributed by atoms with Crippen LogP contribution in [0.1, 0.15) is 58.4 Å². The Morgan fingerprint density at radius 2 is 1.20 bits per heavy atom. The molecule has 10 nitrogen and oxygen atoms in total. The van der Waals surface area contributed by atoms with Crippen LogP contribution in [0.2, 0.25) is 6.04 Å². The van der Waals surface area contributed by atoms with E-state index in [4.69, 9.17) is 22.8 Å². The predicted molar refractivity (Wildman–Crippen MR) is 210 cm³/mol. The quantitative estimate of drug-likeness (QED) is 0.0603. The molecule has 12 heteroatoms. The minimum atomic E-state index is -2.65. The first-order valence-corrected chi connectivity index (χ1v) is 21.0. The van der Waals surface area contributed by atoms with Crippen LogP contribution in [0.15, 0.2) is 30.3 Å². The van der Waals surface area contributed by atoms with Gasteiger partial charge in [0.25, 0.3) is 0 Å². The number of quaternary nitrogens is 3. The number of nitrogens with zero attached hydrogens (tertiary/aromatic N) is 3. The predicted octanol–water partition coefficient (Wildman–Crippen LogP) is 5.80. The molecule has 1 aromatic carbocycles. The highest BCUT2D eigenvalue weighted by Crippen LogP contribution is 2.42. The highest BCUT2D eigenvalue weighted by molar-refractivity contribution is 7.99. The number of hydrogen-bond donors (Lipinski definition) is 0. The van der Waals surface area contributed by atoms with Crippen molar-refractivity contribution in [2.24, 2.45) is 10.8 Å². The van der Waals surface area contributed by atoms with E-state index in [0.717, 1.165) is 39.8 Å². The van der Waals surface area contributed by atoms with E-state index < -0.39 is 19.6 Å². The molecule has 0 heterocycles. The number of benzene rings is 1. The van der Waals surface area contributed by atoms with Gasteiger partial charge in [-0.25, -0.2) is 0 Å². The van der Waals surface area contributed by atoms with Crippen LogP contribution in [0.5, 0.6) is 0 Å². The molecule has 0 spiro atoms. The zero-order chi connectivity index (χ0) is 38.9. The third-order valence-electron chi connectivity index (χ3n) is 8.83. The molecule has 0 N–H and O–H groups in total. The fourth-order valence-corrected chi connectivity index (χ4v) is 8.07. The topological polar surface area (TPSA) is 80.3 Å². The molecule has 1 rings (SSSR count). The molecule has 0 aromatic heterocycles. The van der Waals surface area contributed by atoms with Crippen LogP contribution in [0.3, 0.4) is 0 Å². The van der Waals surface area contributed by atoms with E-state index in [-0.39, 0.29) is 17.9 Å². The van der Waals surface area contributed by atoms with Gasteiger partial charge in [0.05, 0.1) is 80.8 Å². The summed E-state index contributed by atoms with van der Waals surface area (Å²) in [4.78, 5) is 27.1. The van der Waals surface area contributed by atoms with Crippen LogP contribution >= 0.6 is 11.8 Å². The van der Waals surface area contributed by atoms with Gasteiger partial charge in [0.1, 0.15) is 26.3 Å². The Labute approximate surface area is 312 Å². The second-order valence-electron chi connectivity index (χ2n) is 17.3. The highest BCUT2D eigenvalue weighted by atomic mass is 32.2. The Morgan fingerprint density at radius 3 is 1.62 bits per heavy atom. The zero-order valence-corrected chi connectivity index (χ0v) is 36.7. The van der Waals surface area contributed by atoms with E-state index in [1.165, 1.54) is 6.54 Å². The molecular weight excluding hydrogens is 671 g/mol. The molecule has 0 aliphatic heterocycles. The average Bonchev–Trinajstić information content (AvgIpc) is 3.01. The SMILES string of the molecule is CC[N+](C)(C)C.CO[Si](CCCSCC(C)(CC(CC(C)(C)C(=O)OCC[N+](C)(C)C)c1ccccc1)C(=O)OCC[N+](C)(C)C)(OC)OC. The molecule has 0 fully saturated rings. The normalized spacial score (nSPS) is 14.6. The van der Waals surface area contributed by atoms with Crippen molar-refractivity contribution in [1.82, 2.24) is 0 Å². The Hall–Kier alpha value is -1.51. The molecule has 0 saturated heterocycles. The molecule has 0 aliphatic carbocycles. The lowest BCUT2D eigenvalue weighted by Gasteiger charge is -2.35. The van der Waals surface area contributed by atoms with Crippen molar-refractivity contribution >= 4 is 32.5 Å². The number of likely N-dealkylation sites (N-methyl/N-ethyl adjacent to an activating group) is 2. The smallest absolute Gasteiger partial charge is 0.459 e. The van der Waals surface area contributed by atoms with Crippen molar-refractivity contribution in [1.29, 1.82) is 0 Å². The number of carbonyl (C=O) groups is 2. The summed E-state index contributed by atoms with van der Waals surface area (Å²) in [5, 5.41) is 0. The van der Waals surface area contributed by atoms with Crippen LogP contribution in [0, 0.1) is 10.8 Å². The molecule has 2 unspecified atom stereocenters. The maximum absolute atomic E-state index is 13.8. The van der Waals surface area contributed by atoms with Gasteiger partial charge in [-0.05, 0) is 64.2 Å². The van der Waals surface area contributed by atoms with Crippen molar-refractivity contribution < 1.29 is 45.8 Å². The molecule has 0 saturated carbocycles. The van der Waals surface area contributed by atoms with Crippen LogP contribution in [-0.2, 0) is 32.3 Å². The van der Waals surface area contributed by atoms with Crippen molar-refractivity contribution in [2.45, 2.75) is 58.9 Å². The van der Waals surface area contributed by atoms with E-state index in [1.54, 1.807) is 33.1 Å². The van der Waals surface area contributed by atoms with Crippen LogP contribution in [0.25, 0.3) is 0 Å². The molecule has 2 atom stereocenters. The van der Waals surface area contributed by atoms with Crippen molar-refractivity contribution in [3.63, 3.8) is 0 Å². The van der Waals surface area contributed by atoms with E-state index in [2.05, 4.69) is 82.5 Å². The van der Waals surface area contributed by atoms with E-state index in [0.29, 0.717) is 42.3 Å².